The van der Waals surface area contributed by atoms with Crippen LogP contribution in [-0.2, 0) is 0 Å². The normalized spacial score (nSPS) is 16.9. The Morgan fingerprint density at radius 3 is 2.65 bits per heavy atom. The van der Waals surface area contributed by atoms with Crippen molar-refractivity contribution in [2.75, 3.05) is 13.1 Å². The molecule has 0 aliphatic carbocycles. The lowest BCUT2D eigenvalue weighted by Gasteiger charge is -2.13. The fourth-order valence-corrected chi connectivity index (χ4v) is 3.01. The molecule has 4 nitrogen and oxygen atoms in total. The maximum absolute atomic E-state index is 12.4. The topological polar surface area (TPSA) is 56.1 Å². The van der Waals surface area contributed by atoms with E-state index in [9.17, 15) is 4.79 Å². The smallest absolute Gasteiger partial charge is 0.253 e. The van der Waals surface area contributed by atoms with Gasteiger partial charge in [0, 0.05) is 19.1 Å². The van der Waals surface area contributed by atoms with E-state index in [1.54, 1.807) is 11.0 Å². The summed E-state index contributed by atoms with van der Waals surface area (Å²) >= 11 is 6.29. The van der Waals surface area contributed by atoms with E-state index in [-0.39, 0.29) is 11.9 Å². The van der Waals surface area contributed by atoms with Crippen LogP contribution in [0, 0.1) is 11.5 Å². The van der Waals surface area contributed by atoms with E-state index in [2.05, 4.69) is 11.5 Å². The Kier molecular flexibility index (Phi) is 4.50. The molecule has 2 aromatic rings. The summed E-state index contributed by atoms with van der Waals surface area (Å²) in [6.45, 7) is 1.24. The molecule has 1 heterocycles. The number of rotatable bonds is 3. The highest BCUT2D eigenvalue weighted by atomic mass is 35.5. The molecule has 0 saturated carbocycles. The van der Waals surface area contributed by atoms with Gasteiger partial charge in [0.05, 0.1) is 10.6 Å². The molecule has 0 spiro atoms. The molecule has 1 unspecified atom stereocenters. The fourth-order valence-electron chi connectivity index (χ4n) is 2.74. The molecule has 1 N–H and O–H groups in total. The highest BCUT2D eigenvalue weighted by molar-refractivity contribution is 6.34. The van der Waals surface area contributed by atoms with E-state index >= 15 is 0 Å². The Labute approximate surface area is 140 Å². The molecule has 1 amide bonds. The number of likely N-dealkylation sites (tertiary alicyclic amines) is 1. The second-order valence-electron chi connectivity index (χ2n) is 5.57. The molecule has 23 heavy (non-hydrogen) atoms. The molecule has 0 aromatic heterocycles. The molecule has 3 rings (SSSR count). The van der Waals surface area contributed by atoms with Gasteiger partial charge in [-0.25, -0.2) is 0 Å². The number of nitrogens with zero attached hydrogens (tertiary/aromatic N) is 2. The minimum atomic E-state index is -0.195. The van der Waals surface area contributed by atoms with Gasteiger partial charge in [-0.3, -0.25) is 4.79 Å². The van der Waals surface area contributed by atoms with Gasteiger partial charge in [-0.05, 0) is 29.7 Å². The number of carbonyl (C=O) groups is 1. The zero-order valence-corrected chi connectivity index (χ0v) is 13.3. The summed E-state index contributed by atoms with van der Waals surface area (Å²) in [6.07, 6.45) is 2.88. The van der Waals surface area contributed by atoms with E-state index in [1.165, 1.54) is 0 Å². The lowest BCUT2D eigenvalue weighted by molar-refractivity contribution is 0.0939. The molecule has 5 heteroatoms. The first-order valence-electron chi connectivity index (χ1n) is 7.48. The highest BCUT2D eigenvalue weighted by Crippen LogP contribution is 2.25. The summed E-state index contributed by atoms with van der Waals surface area (Å²) in [4.78, 5) is 14.0. The van der Waals surface area contributed by atoms with E-state index in [4.69, 9.17) is 16.9 Å². The number of hydrogen-bond donors (Lipinski definition) is 1. The predicted octanol–water partition coefficient (Wildman–Crippen LogP) is 3.29. The minimum Gasteiger partial charge on any atom is -0.347 e. The van der Waals surface area contributed by atoms with E-state index in [1.807, 2.05) is 42.5 Å². The number of benzene rings is 2. The molecule has 0 bridgehead atoms. The van der Waals surface area contributed by atoms with Crippen molar-refractivity contribution < 1.29 is 4.79 Å². The van der Waals surface area contributed by atoms with Gasteiger partial charge < -0.3 is 10.2 Å². The molecule has 2 aromatic carbocycles. The predicted molar refractivity (Wildman–Crippen MR) is 89.9 cm³/mol. The second-order valence-corrected chi connectivity index (χ2v) is 5.97. The summed E-state index contributed by atoms with van der Waals surface area (Å²) in [5, 5.41) is 12.2. The van der Waals surface area contributed by atoms with Crippen LogP contribution in [0.2, 0.25) is 5.02 Å². The summed E-state index contributed by atoms with van der Waals surface area (Å²) < 4.78 is 0. The summed E-state index contributed by atoms with van der Waals surface area (Å²) in [5.74, 6) is -0.195. The number of nitriles is 1. The van der Waals surface area contributed by atoms with Crippen LogP contribution in [0.4, 0.5) is 0 Å². The van der Waals surface area contributed by atoms with Gasteiger partial charge in [0.1, 0.15) is 0 Å². The van der Waals surface area contributed by atoms with Crippen molar-refractivity contribution in [3.63, 3.8) is 0 Å². The van der Waals surface area contributed by atoms with Crippen molar-refractivity contribution in [3.05, 3.63) is 59.1 Å². The highest BCUT2D eigenvalue weighted by Gasteiger charge is 2.24. The molecule has 1 saturated heterocycles. The van der Waals surface area contributed by atoms with Gasteiger partial charge in [-0.2, -0.15) is 5.26 Å². The zero-order chi connectivity index (χ0) is 16.2. The molecule has 0 radical (unpaired) electrons. The van der Waals surface area contributed by atoms with Crippen molar-refractivity contribution >= 4 is 17.5 Å². The number of halogens is 1. The summed E-state index contributed by atoms with van der Waals surface area (Å²) in [5.41, 5.74) is 2.49. The van der Waals surface area contributed by atoms with Gasteiger partial charge in [-0.1, -0.05) is 48.0 Å². The van der Waals surface area contributed by atoms with Gasteiger partial charge in [0.2, 0.25) is 0 Å². The maximum Gasteiger partial charge on any atom is 0.253 e. The first-order chi connectivity index (χ1) is 11.2. The average Bonchev–Trinajstić information content (AvgIpc) is 3.03. The van der Waals surface area contributed by atoms with Crippen molar-refractivity contribution in [2.24, 2.45) is 0 Å². The van der Waals surface area contributed by atoms with Crippen LogP contribution in [0.25, 0.3) is 11.1 Å². The van der Waals surface area contributed by atoms with Crippen LogP contribution in [-0.4, -0.2) is 29.9 Å². The zero-order valence-electron chi connectivity index (χ0n) is 12.5. The van der Waals surface area contributed by atoms with Gasteiger partial charge in [0.25, 0.3) is 5.91 Å². The van der Waals surface area contributed by atoms with Crippen molar-refractivity contribution in [1.29, 1.82) is 5.26 Å². The molecule has 1 fully saturated rings. The Morgan fingerprint density at radius 1 is 1.22 bits per heavy atom. The van der Waals surface area contributed by atoms with Gasteiger partial charge in [-0.15, -0.1) is 0 Å². The average molecular weight is 326 g/mol. The Balaban J connectivity index is 1.73. The molecule has 1 aliphatic heterocycles. The van der Waals surface area contributed by atoms with Crippen LogP contribution >= 0.6 is 11.6 Å². The lowest BCUT2D eigenvalue weighted by Crippen LogP contribution is -2.36. The van der Waals surface area contributed by atoms with Crippen LogP contribution in [0.3, 0.4) is 0 Å². The quantitative estimate of drug-likeness (QED) is 0.881. The third kappa shape index (κ3) is 3.46. The molecular weight excluding hydrogens is 310 g/mol. The number of nitrogens with one attached hydrogen (secondary N) is 1. The first kappa shape index (κ1) is 15.4. The first-order valence-corrected chi connectivity index (χ1v) is 7.85. The molecular formula is C18H16ClN3O. The minimum absolute atomic E-state index is 0.00739. The SMILES string of the molecule is N#CN1CCC(NC(=O)c2ccc(-c3ccccc3)cc2Cl)C1. The number of hydrogen-bond acceptors (Lipinski definition) is 3. The van der Waals surface area contributed by atoms with Crippen LogP contribution in [0.15, 0.2) is 48.5 Å². The largest absolute Gasteiger partial charge is 0.347 e. The summed E-state index contributed by atoms with van der Waals surface area (Å²) in [6, 6.07) is 15.3. The third-order valence-corrected chi connectivity index (χ3v) is 4.30. The van der Waals surface area contributed by atoms with Crippen molar-refractivity contribution in [3.8, 4) is 17.3 Å². The molecule has 116 valence electrons. The standard InChI is InChI=1S/C18H16ClN3O/c19-17-10-14(13-4-2-1-3-5-13)6-7-16(17)18(23)21-15-8-9-22(11-15)12-20/h1-7,10,15H,8-9,11H2,(H,21,23). The monoisotopic (exact) mass is 325 g/mol. The molecule has 1 aliphatic rings. The van der Waals surface area contributed by atoms with E-state index in [0.717, 1.165) is 17.5 Å². The van der Waals surface area contributed by atoms with Crippen LogP contribution in [0.5, 0.6) is 0 Å². The Morgan fingerprint density at radius 2 is 2.00 bits per heavy atom. The summed E-state index contributed by atoms with van der Waals surface area (Å²) in [7, 11) is 0. The second kappa shape index (κ2) is 6.72. The number of carbonyl (C=O) groups excluding carboxylic acids is 1. The lowest BCUT2D eigenvalue weighted by atomic mass is 10.0. The van der Waals surface area contributed by atoms with Gasteiger partial charge >= 0.3 is 0 Å². The Hall–Kier alpha value is -2.51. The van der Waals surface area contributed by atoms with Crippen LogP contribution in [0.1, 0.15) is 16.8 Å². The van der Waals surface area contributed by atoms with E-state index in [0.29, 0.717) is 23.7 Å². The van der Waals surface area contributed by atoms with Crippen LogP contribution < -0.4 is 5.32 Å². The Bertz CT molecular complexity index is 755. The van der Waals surface area contributed by atoms with E-state index < -0.39 is 0 Å². The number of amides is 1. The fraction of sp³-hybridized carbons (Fsp3) is 0.222. The maximum atomic E-state index is 12.4. The van der Waals surface area contributed by atoms with Crippen molar-refractivity contribution in [2.45, 2.75) is 12.5 Å². The van der Waals surface area contributed by atoms with Gasteiger partial charge in [0.15, 0.2) is 6.19 Å². The van der Waals surface area contributed by atoms with Crippen molar-refractivity contribution in [1.82, 2.24) is 10.2 Å². The third-order valence-electron chi connectivity index (χ3n) is 3.99. The molecule has 1 atom stereocenters.